The predicted molar refractivity (Wildman–Crippen MR) is 50.4 cm³/mol. The molecule has 0 bridgehead atoms. The van der Waals surface area contributed by atoms with Crippen molar-refractivity contribution in [3.63, 3.8) is 0 Å². The Morgan fingerprint density at radius 1 is 1.58 bits per heavy atom. The van der Waals surface area contributed by atoms with Crippen molar-refractivity contribution in [1.29, 1.82) is 0 Å². The Kier molecular flexibility index (Phi) is 3.50. The van der Waals surface area contributed by atoms with Crippen LogP contribution in [0.4, 0.5) is 0 Å². The highest BCUT2D eigenvalue weighted by atomic mass is 16.5. The lowest BCUT2D eigenvalue weighted by Gasteiger charge is -2.27. The van der Waals surface area contributed by atoms with Gasteiger partial charge >= 0.3 is 0 Å². The lowest BCUT2D eigenvalue weighted by molar-refractivity contribution is -0.00594. The van der Waals surface area contributed by atoms with Crippen molar-refractivity contribution in [2.45, 2.75) is 18.4 Å². The van der Waals surface area contributed by atoms with Crippen molar-refractivity contribution >= 4 is 0 Å². The molecule has 1 rings (SSSR count). The Hall–Kier alpha value is -0.120. The van der Waals surface area contributed by atoms with E-state index in [-0.39, 0.29) is 5.60 Å². The molecule has 1 saturated heterocycles. The van der Waals surface area contributed by atoms with E-state index < -0.39 is 0 Å². The molecule has 1 heterocycles. The third kappa shape index (κ3) is 2.19. The van der Waals surface area contributed by atoms with Gasteiger partial charge in [-0.3, -0.25) is 0 Å². The quantitative estimate of drug-likeness (QED) is 0.661. The second-order valence-electron chi connectivity index (χ2n) is 3.73. The molecule has 0 amide bonds. The molecule has 0 spiro atoms. The van der Waals surface area contributed by atoms with Gasteiger partial charge in [-0.15, -0.1) is 0 Å². The molecule has 1 fully saturated rings. The lowest BCUT2D eigenvalue weighted by Crippen LogP contribution is -2.37. The smallest absolute Gasteiger partial charge is 0.0829 e. The topological polar surface area (TPSA) is 24.5 Å². The van der Waals surface area contributed by atoms with Crippen LogP contribution in [-0.4, -0.2) is 51.3 Å². The summed E-state index contributed by atoms with van der Waals surface area (Å²) in [7, 11) is 5.97. The number of nitrogens with zero attached hydrogens (tertiary/aromatic N) is 1. The van der Waals surface area contributed by atoms with E-state index in [1.54, 1.807) is 0 Å². The zero-order chi connectivity index (χ0) is 9.03. The average molecular weight is 172 g/mol. The van der Waals surface area contributed by atoms with Gasteiger partial charge in [-0.2, -0.15) is 0 Å². The third-order valence-electron chi connectivity index (χ3n) is 2.77. The molecule has 1 aliphatic rings. The first kappa shape index (κ1) is 9.96. The molecule has 3 nitrogen and oxygen atoms in total. The van der Waals surface area contributed by atoms with Gasteiger partial charge in [0.25, 0.3) is 0 Å². The van der Waals surface area contributed by atoms with Crippen LogP contribution in [0.5, 0.6) is 0 Å². The Bertz CT molecular complexity index is 140. The molecule has 0 radical (unpaired) electrons. The Labute approximate surface area is 75.1 Å². The fraction of sp³-hybridized carbons (Fsp3) is 1.00. The van der Waals surface area contributed by atoms with Crippen LogP contribution >= 0.6 is 0 Å². The van der Waals surface area contributed by atoms with E-state index in [1.165, 1.54) is 6.42 Å². The molecular formula is C9H20N2O. The standard InChI is InChI=1S/C9H20N2O/c1-10-6-4-9(12-3)5-7-11(2)8-9/h10H,4-8H2,1-3H3. The average Bonchev–Trinajstić information content (AvgIpc) is 2.45. The normalized spacial score (nSPS) is 31.2. The van der Waals surface area contributed by atoms with Crippen molar-refractivity contribution < 1.29 is 4.74 Å². The van der Waals surface area contributed by atoms with Gasteiger partial charge in [0, 0.05) is 20.2 Å². The number of likely N-dealkylation sites (tertiary alicyclic amines) is 1. The second kappa shape index (κ2) is 4.21. The number of nitrogens with one attached hydrogen (secondary N) is 1. The van der Waals surface area contributed by atoms with E-state index in [9.17, 15) is 0 Å². The van der Waals surface area contributed by atoms with Crippen molar-refractivity contribution in [2.24, 2.45) is 0 Å². The molecule has 1 N–H and O–H groups in total. The van der Waals surface area contributed by atoms with Gasteiger partial charge in [0.1, 0.15) is 0 Å². The maximum Gasteiger partial charge on any atom is 0.0829 e. The summed E-state index contributed by atoms with van der Waals surface area (Å²) in [5, 5.41) is 3.17. The van der Waals surface area contributed by atoms with E-state index in [2.05, 4.69) is 17.3 Å². The van der Waals surface area contributed by atoms with Gasteiger partial charge in [0.2, 0.25) is 0 Å². The number of likely N-dealkylation sites (N-methyl/N-ethyl adjacent to an activating group) is 1. The minimum Gasteiger partial charge on any atom is -0.377 e. The summed E-state index contributed by atoms with van der Waals surface area (Å²) in [6, 6.07) is 0. The molecular weight excluding hydrogens is 152 g/mol. The van der Waals surface area contributed by atoms with Crippen LogP contribution < -0.4 is 5.32 Å². The van der Waals surface area contributed by atoms with Gasteiger partial charge in [-0.05, 0) is 33.5 Å². The lowest BCUT2D eigenvalue weighted by atomic mass is 9.99. The first-order valence-corrected chi connectivity index (χ1v) is 4.61. The summed E-state index contributed by atoms with van der Waals surface area (Å²) in [5.41, 5.74) is 0.123. The molecule has 12 heavy (non-hydrogen) atoms. The first-order valence-electron chi connectivity index (χ1n) is 4.61. The van der Waals surface area contributed by atoms with E-state index >= 15 is 0 Å². The minimum absolute atomic E-state index is 0.123. The van der Waals surface area contributed by atoms with Crippen LogP contribution in [0.25, 0.3) is 0 Å². The summed E-state index contributed by atoms with van der Waals surface area (Å²) >= 11 is 0. The molecule has 1 atom stereocenters. The summed E-state index contributed by atoms with van der Waals surface area (Å²) in [5.74, 6) is 0. The highest BCUT2D eigenvalue weighted by Crippen LogP contribution is 2.26. The summed E-state index contributed by atoms with van der Waals surface area (Å²) < 4.78 is 5.59. The van der Waals surface area contributed by atoms with Crippen LogP contribution in [-0.2, 0) is 4.74 Å². The number of hydrogen-bond donors (Lipinski definition) is 1. The molecule has 0 aromatic heterocycles. The SMILES string of the molecule is CNCCC1(OC)CCN(C)C1. The monoisotopic (exact) mass is 172 g/mol. The zero-order valence-electron chi connectivity index (χ0n) is 8.39. The predicted octanol–water partition coefficient (Wildman–Crippen LogP) is 0.317. The third-order valence-corrected chi connectivity index (χ3v) is 2.77. The zero-order valence-corrected chi connectivity index (χ0v) is 8.39. The number of ether oxygens (including phenoxy) is 1. The van der Waals surface area contributed by atoms with Crippen molar-refractivity contribution in [3.05, 3.63) is 0 Å². The summed E-state index contributed by atoms with van der Waals surface area (Å²) in [6.07, 6.45) is 2.28. The number of rotatable bonds is 4. The van der Waals surface area contributed by atoms with Crippen LogP contribution in [0.1, 0.15) is 12.8 Å². The summed E-state index contributed by atoms with van der Waals surface area (Å²) in [6.45, 7) is 3.28. The molecule has 0 aromatic carbocycles. The number of hydrogen-bond acceptors (Lipinski definition) is 3. The largest absolute Gasteiger partial charge is 0.377 e. The van der Waals surface area contributed by atoms with E-state index in [0.717, 1.165) is 26.1 Å². The van der Waals surface area contributed by atoms with Crippen molar-refractivity contribution in [2.75, 3.05) is 40.8 Å². The molecule has 72 valence electrons. The van der Waals surface area contributed by atoms with Gasteiger partial charge < -0.3 is 15.0 Å². The van der Waals surface area contributed by atoms with Gasteiger partial charge in [-0.1, -0.05) is 0 Å². The maximum absolute atomic E-state index is 5.59. The van der Waals surface area contributed by atoms with Crippen LogP contribution in [0.15, 0.2) is 0 Å². The molecule has 0 aliphatic carbocycles. The first-order chi connectivity index (χ1) is 5.72. The van der Waals surface area contributed by atoms with Gasteiger partial charge in [0.05, 0.1) is 5.60 Å². The molecule has 1 unspecified atom stereocenters. The van der Waals surface area contributed by atoms with Gasteiger partial charge in [0.15, 0.2) is 0 Å². The highest BCUT2D eigenvalue weighted by molar-refractivity contribution is 4.90. The summed E-state index contributed by atoms with van der Waals surface area (Å²) in [4.78, 5) is 2.33. The Balaban J connectivity index is 2.41. The van der Waals surface area contributed by atoms with E-state index in [1.807, 2.05) is 14.2 Å². The Morgan fingerprint density at radius 2 is 2.33 bits per heavy atom. The number of methoxy groups -OCH3 is 1. The van der Waals surface area contributed by atoms with E-state index in [0.29, 0.717) is 0 Å². The van der Waals surface area contributed by atoms with Crippen LogP contribution in [0, 0.1) is 0 Å². The molecule has 0 saturated carbocycles. The maximum atomic E-state index is 5.59. The molecule has 3 heteroatoms. The molecule has 0 aromatic rings. The molecule has 1 aliphatic heterocycles. The fourth-order valence-corrected chi connectivity index (χ4v) is 1.87. The second-order valence-corrected chi connectivity index (χ2v) is 3.73. The van der Waals surface area contributed by atoms with Crippen molar-refractivity contribution in [1.82, 2.24) is 10.2 Å². The van der Waals surface area contributed by atoms with Gasteiger partial charge in [-0.25, -0.2) is 0 Å². The fourth-order valence-electron chi connectivity index (χ4n) is 1.87. The highest BCUT2D eigenvalue weighted by Gasteiger charge is 2.35. The van der Waals surface area contributed by atoms with Crippen LogP contribution in [0.2, 0.25) is 0 Å². The van der Waals surface area contributed by atoms with Crippen molar-refractivity contribution in [3.8, 4) is 0 Å². The Morgan fingerprint density at radius 3 is 2.75 bits per heavy atom. The van der Waals surface area contributed by atoms with Crippen LogP contribution in [0.3, 0.4) is 0 Å². The van der Waals surface area contributed by atoms with E-state index in [4.69, 9.17) is 4.74 Å². The minimum atomic E-state index is 0.123.